The van der Waals surface area contributed by atoms with Crippen molar-refractivity contribution in [3.8, 4) is 16.9 Å². The number of phenols is 1. The quantitative estimate of drug-likeness (QED) is 0.896. The molecule has 0 aliphatic rings. The second-order valence-corrected chi connectivity index (χ2v) is 4.06. The number of hydrogen-bond acceptors (Lipinski definition) is 2. The van der Waals surface area contributed by atoms with Crippen molar-refractivity contribution in [3.05, 3.63) is 53.6 Å². The molecule has 0 radical (unpaired) electrons. The van der Waals surface area contributed by atoms with Gasteiger partial charge in [-0.1, -0.05) is 24.3 Å². The van der Waals surface area contributed by atoms with E-state index in [9.17, 15) is 18.7 Å². The number of hydrogen-bond donors (Lipinski definition) is 2. The van der Waals surface area contributed by atoms with Crippen molar-refractivity contribution in [1.82, 2.24) is 0 Å². The number of carboxylic acid groups (broad SMARTS) is 1. The van der Waals surface area contributed by atoms with Crippen LogP contribution in [0.1, 0.15) is 5.56 Å². The van der Waals surface area contributed by atoms with Gasteiger partial charge in [-0.25, -0.2) is 4.39 Å². The summed E-state index contributed by atoms with van der Waals surface area (Å²) in [6.07, 6.45) is -0.163. The molecule has 2 aromatic carbocycles. The number of rotatable bonds is 3. The van der Waals surface area contributed by atoms with Gasteiger partial charge in [0.05, 0.1) is 6.42 Å². The Kier molecular flexibility index (Phi) is 3.46. The summed E-state index contributed by atoms with van der Waals surface area (Å²) in [5.41, 5.74) is 1.32. The highest BCUT2D eigenvalue weighted by Gasteiger charge is 2.11. The van der Waals surface area contributed by atoms with Crippen molar-refractivity contribution in [2.24, 2.45) is 0 Å². The van der Waals surface area contributed by atoms with E-state index in [1.54, 1.807) is 24.3 Å². The molecule has 0 saturated carbocycles. The van der Waals surface area contributed by atoms with Gasteiger partial charge in [0.1, 0.15) is 0 Å². The number of carbonyl (C=O) groups is 1. The third-order valence-electron chi connectivity index (χ3n) is 2.62. The zero-order valence-corrected chi connectivity index (χ0v) is 9.73. The molecule has 0 unspecified atom stereocenters. The first-order valence-electron chi connectivity index (χ1n) is 5.46. The lowest BCUT2D eigenvalue weighted by molar-refractivity contribution is -0.136. The van der Waals surface area contributed by atoms with Gasteiger partial charge in [-0.05, 0) is 28.8 Å². The molecule has 0 aliphatic carbocycles. The summed E-state index contributed by atoms with van der Waals surface area (Å²) in [4.78, 5) is 10.6. The van der Waals surface area contributed by atoms with Gasteiger partial charge in [0.15, 0.2) is 17.4 Å². The molecule has 3 nitrogen and oxygen atoms in total. The monoisotopic (exact) mass is 264 g/mol. The van der Waals surface area contributed by atoms with Crippen LogP contribution in [0.3, 0.4) is 0 Å². The topological polar surface area (TPSA) is 57.5 Å². The predicted molar refractivity (Wildman–Crippen MR) is 64.8 cm³/mol. The molecular formula is C14H10F2O3. The molecule has 98 valence electrons. The van der Waals surface area contributed by atoms with Crippen LogP contribution >= 0.6 is 0 Å². The lowest BCUT2D eigenvalue weighted by Gasteiger charge is -2.06. The molecule has 0 heterocycles. The molecule has 0 aliphatic heterocycles. The molecule has 2 N–H and O–H groups in total. The summed E-state index contributed by atoms with van der Waals surface area (Å²) in [5.74, 6) is -4.21. The number of halogens is 2. The summed E-state index contributed by atoms with van der Waals surface area (Å²) in [7, 11) is 0. The third-order valence-corrected chi connectivity index (χ3v) is 2.62. The first-order chi connectivity index (χ1) is 8.97. The Morgan fingerprint density at radius 2 is 1.84 bits per heavy atom. The van der Waals surface area contributed by atoms with Crippen molar-refractivity contribution in [1.29, 1.82) is 0 Å². The van der Waals surface area contributed by atoms with Crippen LogP contribution in [0.25, 0.3) is 11.1 Å². The Morgan fingerprint density at radius 1 is 1.11 bits per heavy atom. The Balaban J connectivity index is 2.44. The molecule has 0 saturated heterocycles. The molecule has 0 spiro atoms. The molecule has 2 aromatic rings. The van der Waals surface area contributed by atoms with Gasteiger partial charge >= 0.3 is 5.97 Å². The first kappa shape index (κ1) is 13.0. The van der Waals surface area contributed by atoms with Crippen LogP contribution in [-0.4, -0.2) is 16.2 Å². The molecule has 0 aromatic heterocycles. The number of carboxylic acids is 1. The Bertz CT molecular complexity index is 615. The average Bonchev–Trinajstić information content (AvgIpc) is 2.35. The average molecular weight is 264 g/mol. The highest BCUT2D eigenvalue weighted by molar-refractivity contribution is 5.72. The number of aromatic hydroxyl groups is 1. The standard InChI is InChI=1S/C14H10F2O3/c15-11-6-10(7-12(17)14(11)16)9-3-1-2-8(4-9)5-13(18)19/h1-4,6-7,17H,5H2,(H,18,19). The lowest BCUT2D eigenvalue weighted by atomic mass is 10.0. The highest BCUT2D eigenvalue weighted by atomic mass is 19.2. The first-order valence-corrected chi connectivity index (χ1v) is 5.46. The van der Waals surface area contributed by atoms with Crippen molar-refractivity contribution in [2.75, 3.05) is 0 Å². The minimum Gasteiger partial charge on any atom is -0.505 e. The Morgan fingerprint density at radius 3 is 2.47 bits per heavy atom. The second kappa shape index (κ2) is 5.06. The SMILES string of the molecule is O=C(O)Cc1cccc(-c2cc(O)c(F)c(F)c2)c1. The maximum Gasteiger partial charge on any atom is 0.307 e. The molecule has 0 fully saturated rings. The molecule has 0 atom stereocenters. The van der Waals surface area contributed by atoms with E-state index in [4.69, 9.17) is 5.11 Å². The van der Waals surface area contributed by atoms with E-state index in [1.165, 1.54) is 0 Å². The number of phenolic OH excluding ortho intramolecular Hbond substituents is 1. The summed E-state index contributed by atoms with van der Waals surface area (Å²) in [6, 6.07) is 8.47. The fourth-order valence-corrected chi connectivity index (χ4v) is 1.78. The van der Waals surface area contributed by atoms with Crippen molar-refractivity contribution in [2.45, 2.75) is 6.42 Å². The molecular weight excluding hydrogens is 254 g/mol. The fraction of sp³-hybridized carbons (Fsp3) is 0.0714. The minimum absolute atomic E-state index is 0.163. The van der Waals surface area contributed by atoms with Gasteiger partial charge in [-0.3, -0.25) is 4.79 Å². The lowest BCUT2D eigenvalue weighted by Crippen LogP contribution is -1.99. The van der Waals surface area contributed by atoms with Gasteiger partial charge in [-0.2, -0.15) is 4.39 Å². The summed E-state index contributed by atoms with van der Waals surface area (Å²) in [6.45, 7) is 0. The van der Waals surface area contributed by atoms with E-state index in [-0.39, 0.29) is 12.0 Å². The molecule has 5 heteroatoms. The molecule has 0 bridgehead atoms. The van der Waals surface area contributed by atoms with Gasteiger partial charge in [0, 0.05) is 0 Å². The maximum atomic E-state index is 13.2. The van der Waals surface area contributed by atoms with Gasteiger partial charge in [-0.15, -0.1) is 0 Å². The largest absolute Gasteiger partial charge is 0.505 e. The van der Waals surface area contributed by atoms with E-state index in [0.29, 0.717) is 11.1 Å². The Hall–Kier alpha value is -2.43. The molecule has 0 amide bonds. The fourth-order valence-electron chi connectivity index (χ4n) is 1.78. The van der Waals surface area contributed by atoms with E-state index < -0.39 is 23.4 Å². The predicted octanol–water partition coefficient (Wildman–Crippen LogP) is 2.96. The van der Waals surface area contributed by atoms with Crippen LogP contribution in [0, 0.1) is 11.6 Å². The molecule has 2 rings (SSSR count). The van der Waals surface area contributed by atoms with E-state index in [1.807, 2.05) is 0 Å². The second-order valence-electron chi connectivity index (χ2n) is 4.06. The van der Waals surface area contributed by atoms with Crippen LogP contribution in [0.4, 0.5) is 8.78 Å². The van der Waals surface area contributed by atoms with E-state index >= 15 is 0 Å². The van der Waals surface area contributed by atoms with Crippen LogP contribution in [0.2, 0.25) is 0 Å². The van der Waals surface area contributed by atoms with E-state index in [0.717, 1.165) is 12.1 Å². The van der Waals surface area contributed by atoms with Crippen LogP contribution < -0.4 is 0 Å². The third kappa shape index (κ3) is 2.88. The van der Waals surface area contributed by atoms with Gasteiger partial charge in [0.25, 0.3) is 0 Å². The zero-order valence-electron chi connectivity index (χ0n) is 9.73. The smallest absolute Gasteiger partial charge is 0.307 e. The van der Waals surface area contributed by atoms with Gasteiger partial charge < -0.3 is 10.2 Å². The van der Waals surface area contributed by atoms with Crippen LogP contribution in [0.5, 0.6) is 5.75 Å². The number of benzene rings is 2. The highest BCUT2D eigenvalue weighted by Crippen LogP contribution is 2.28. The van der Waals surface area contributed by atoms with Crippen LogP contribution in [0.15, 0.2) is 36.4 Å². The van der Waals surface area contributed by atoms with Crippen molar-refractivity contribution in [3.63, 3.8) is 0 Å². The van der Waals surface area contributed by atoms with E-state index in [2.05, 4.69) is 0 Å². The maximum absolute atomic E-state index is 13.2. The van der Waals surface area contributed by atoms with Crippen molar-refractivity contribution < 1.29 is 23.8 Å². The Labute approximate surface area is 107 Å². The van der Waals surface area contributed by atoms with Gasteiger partial charge in [0.2, 0.25) is 0 Å². The molecule has 19 heavy (non-hydrogen) atoms. The normalized spacial score (nSPS) is 10.4. The van der Waals surface area contributed by atoms with Crippen LogP contribution in [-0.2, 0) is 11.2 Å². The summed E-state index contributed by atoms with van der Waals surface area (Å²) >= 11 is 0. The number of aliphatic carboxylic acids is 1. The van der Waals surface area contributed by atoms with Crippen molar-refractivity contribution >= 4 is 5.97 Å². The minimum atomic E-state index is -1.30. The summed E-state index contributed by atoms with van der Waals surface area (Å²) in [5, 5.41) is 18.0. The zero-order chi connectivity index (χ0) is 14.0. The summed E-state index contributed by atoms with van der Waals surface area (Å²) < 4.78 is 26.2.